The van der Waals surface area contributed by atoms with E-state index in [1.807, 2.05) is 36.4 Å². The number of alkyl carbamates (subject to hydrolysis) is 1. The van der Waals surface area contributed by atoms with Gasteiger partial charge in [-0.1, -0.05) is 54.6 Å². The lowest BCUT2D eigenvalue weighted by molar-refractivity contribution is -0.126. The van der Waals surface area contributed by atoms with Crippen LogP contribution in [-0.2, 0) is 22.6 Å². The molecular weight excluding hydrogens is 290 g/mol. The first kappa shape index (κ1) is 15.3. The molecule has 2 aromatic rings. The second kappa shape index (κ2) is 7.09. The summed E-state index contributed by atoms with van der Waals surface area (Å²) in [7, 11) is 0. The Morgan fingerprint density at radius 3 is 2.48 bits per heavy atom. The van der Waals surface area contributed by atoms with Crippen LogP contribution in [0, 0.1) is 0 Å². The maximum Gasteiger partial charge on any atom is 0.408 e. The van der Waals surface area contributed by atoms with Crippen LogP contribution < -0.4 is 5.32 Å². The molecule has 0 heterocycles. The van der Waals surface area contributed by atoms with Gasteiger partial charge in [0.2, 0.25) is 0 Å². The van der Waals surface area contributed by atoms with Gasteiger partial charge in [-0.25, -0.2) is 4.79 Å². The van der Waals surface area contributed by atoms with Crippen molar-refractivity contribution in [2.75, 3.05) is 0 Å². The zero-order valence-electron chi connectivity index (χ0n) is 12.8. The molecule has 3 rings (SSSR count). The third kappa shape index (κ3) is 4.19. The van der Waals surface area contributed by atoms with Crippen molar-refractivity contribution in [1.82, 2.24) is 5.32 Å². The van der Waals surface area contributed by atoms with Gasteiger partial charge in [0, 0.05) is 6.42 Å². The summed E-state index contributed by atoms with van der Waals surface area (Å²) in [4.78, 5) is 22.8. The summed E-state index contributed by atoms with van der Waals surface area (Å²) in [5.74, 6) is 0.0757. The van der Waals surface area contributed by atoms with Crippen LogP contribution in [0.1, 0.15) is 29.5 Å². The van der Waals surface area contributed by atoms with Crippen LogP contribution >= 0.6 is 0 Å². The van der Waals surface area contributed by atoms with Crippen LogP contribution in [0.25, 0.3) is 0 Å². The molecule has 1 aliphatic rings. The van der Waals surface area contributed by atoms with Gasteiger partial charge in [-0.05, 0) is 29.5 Å². The highest BCUT2D eigenvalue weighted by molar-refractivity contribution is 5.92. The average Bonchev–Trinajstić information content (AvgIpc) is 2.58. The van der Waals surface area contributed by atoms with Gasteiger partial charge < -0.3 is 10.1 Å². The summed E-state index contributed by atoms with van der Waals surface area (Å²) in [5, 5.41) is 2.58. The average molecular weight is 309 g/mol. The predicted octanol–water partition coefficient (Wildman–Crippen LogP) is 3.24. The number of benzene rings is 2. The monoisotopic (exact) mass is 309 g/mol. The second-order valence-corrected chi connectivity index (χ2v) is 5.76. The van der Waals surface area contributed by atoms with Gasteiger partial charge in [0.25, 0.3) is 0 Å². The van der Waals surface area contributed by atoms with Gasteiger partial charge in [-0.3, -0.25) is 4.79 Å². The van der Waals surface area contributed by atoms with Crippen molar-refractivity contribution in [1.29, 1.82) is 0 Å². The van der Waals surface area contributed by atoms with E-state index in [0.29, 0.717) is 12.8 Å². The molecule has 1 N–H and O–H groups in total. The quantitative estimate of drug-likeness (QED) is 0.922. The highest BCUT2D eigenvalue weighted by atomic mass is 16.5. The zero-order chi connectivity index (χ0) is 16.1. The van der Waals surface area contributed by atoms with E-state index in [1.165, 1.54) is 11.1 Å². The number of hydrogen-bond donors (Lipinski definition) is 1. The van der Waals surface area contributed by atoms with E-state index in [0.717, 1.165) is 12.0 Å². The molecule has 2 aromatic carbocycles. The number of ketones is 1. The lowest BCUT2D eigenvalue weighted by Gasteiger charge is -2.24. The van der Waals surface area contributed by atoms with E-state index in [1.54, 1.807) is 0 Å². The van der Waals surface area contributed by atoms with Gasteiger partial charge in [0.1, 0.15) is 6.61 Å². The lowest BCUT2D eigenvalue weighted by Crippen LogP contribution is -2.47. The first-order valence-corrected chi connectivity index (χ1v) is 7.78. The molecule has 0 bridgehead atoms. The minimum atomic E-state index is -0.531. The summed E-state index contributed by atoms with van der Waals surface area (Å²) in [6, 6.07) is 17.9. The van der Waals surface area contributed by atoms with Gasteiger partial charge in [-0.15, -0.1) is 0 Å². The summed E-state index contributed by atoms with van der Waals surface area (Å²) in [6.45, 7) is 0.204. The third-order valence-corrected chi connectivity index (χ3v) is 3.97. The molecule has 0 saturated heterocycles. The number of amides is 1. The van der Waals surface area contributed by atoms with E-state index in [4.69, 9.17) is 4.74 Å². The van der Waals surface area contributed by atoms with Crippen molar-refractivity contribution in [3.8, 4) is 0 Å². The van der Waals surface area contributed by atoms with Crippen molar-refractivity contribution in [2.24, 2.45) is 0 Å². The maximum atomic E-state index is 11.7. The summed E-state index contributed by atoms with van der Waals surface area (Å²) >= 11 is 0. The highest BCUT2D eigenvalue weighted by Gasteiger charge is 2.29. The van der Waals surface area contributed by atoms with Crippen LogP contribution in [0.3, 0.4) is 0 Å². The van der Waals surface area contributed by atoms with Crippen molar-refractivity contribution in [2.45, 2.75) is 31.9 Å². The van der Waals surface area contributed by atoms with E-state index >= 15 is 0 Å². The van der Waals surface area contributed by atoms with Crippen molar-refractivity contribution >= 4 is 11.9 Å². The third-order valence-electron chi connectivity index (χ3n) is 3.97. The smallest absolute Gasteiger partial charge is 0.408 e. The number of nitrogens with one attached hydrogen (secondary N) is 1. The molecule has 0 spiro atoms. The molecular formula is C19H19NO3. The second-order valence-electron chi connectivity index (χ2n) is 5.76. The molecule has 1 aliphatic carbocycles. The summed E-state index contributed by atoms with van der Waals surface area (Å²) in [5.41, 5.74) is 3.35. The molecule has 1 saturated carbocycles. The van der Waals surface area contributed by atoms with Crippen LogP contribution in [0.2, 0.25) is 0 Å². The van der Waals surface area contributed by atoms with Crippen LogP contribution in [0.4, 0.5) is 4.79 Å². The number of carbonyl (C=O) groups is 2. The van der Waals surface area contributed by atoms with Crippen molar-refractivity contribution < 1.29 is 14.3 Å². The molecule has 1 fully saturated rings. The number of hydrogen-bond acceptors (Lipinski definition) is 3. The zero-order valence-corrected chi connectivity index (χ0v) is 12.8. The van der Waals surface area contributed by atoms with Gasteiger partial charge in [-0.2, -0.15) is 0 Å². The predicted molar refractivity (Wildman–Crippen MR) is 87.0 cm³/mol. The lowest BCUT2D eigenvalue weighted by atomic mass is 9.91. The molecule has 0 aliphatic heterocycles. The topological polar surface area (TPSA) is 55.4 Å². The standard InChI is InChI=1S/C19H19NO3/c21-18-10-9-17(18)20-19(22)23-13-16-8-4-7-15(12-16)11-14-5-2-1-3-6-14/h1-8,12,17H,9-11,13H2,(H,20,22)/t17-/m0/s1. The minimum Gasteiger partial charge on any atom is -0.445 e. The molecule has 1 amide bonds. The maximum absolute atomic E-state index is 11.7. The molecule has 0 aromatic heterocycles. The fourth-order valence-electron chi connectivity index (χ4n) is 2.55. The number of carbonyl (C=O) groups excluding carboxylic acids is 2. The Labute approximate surface area is 135 Å². The van der Waals surface area contributed by atoms with Gasteiger partial charge >= 0.3 is 6.09 Å². The summed E-state index contributed by atoms with van der Waals surface area (Å²) < 4.78 is 5.19. The SMILES string of the molecule is O=C(N[C@H]1CCC1=O)OCc1cccc(Cc2ccccc2)c1. The molecule has 0 unspecified atom stereocenters. The Hall–Kier alpha value is -2.62. The van der Waals surface area contributed by atoms with E-state index < -0.39 is 6.09 Å². The van der Waals surface area contributed by atoms with Crippen LogP contribution in [0.5, 0.6) is 0 Å². The van der Waals surface area contributed by atoms with Crippen molar-refractivity contribution in [3.63, 3.8) is 0 Å². The van der Waals surface area contributed by atoms with Crippen LogP contribution in [0.15, 0.2) is 54.6 Å². The first-order valence-electron chi connectivity index (χ1n) is 7.78. The van der Waals surface area contributed by atoms with Crippen molar-refractivity contribution in [3.05, 3.63) is 71.3 Å². The Kier molecular flexibility index (Phi) is 4.71. The normalized spacial score (nSPS) is 16.5. The molecule has 4 nitrogen and oxygen atoms in total. The number of ether oxygens (including phenoxy) is 1. The Morgan fingerprint density at radius 2 is 1.78 bits per heavy atom. The highest BCUT2D eigenvalue weighted by Crippen LogP contribution is 2.15. The van der Waals surface area contributed by atoms with Crippen LogP contribution in [-0.4, -0.2) is 17.9 Å². The molecule has 4 heteroatoms. The number of rotatable bonds is 5. The Balaban J connectivity index is 1.53. The van der Waals surface area contributed by atoms with E-state index in [-0.39, 0.29) is 18.4 Å². The molecule has 0 radical (unpaired) electrons. The fourth-order valence-corrected chi connectivity index (χ4v) is 2.55. The Bertz CT molecular complexity index is 697. The van der Waals surface area contributed by atoms with Gasteiger partial charge in [0.05, 0.1) is 6.04 Å². The fraction of sp³-hybridized carbons (Fsp3) is 0.263. The van der Waals surface area contributed by atoms with E-state index in [9.17, 15) is 9.59 Å². The largest absolute Gasteiger partial charge is 0.445 e. The van der Waals surface area contributed by atoms with Gasteiger partial charge in [0.15, 0.2) is 5.78 Å². The molecule has 1 atom stereocenters. The molecule has 118 valence electrons. The first-order chi connectivity index (χ1) is 11.2. The Morgan fingerprint density at radius 1 is 1.04 bits per heavy atom. The number of Topliss-reactive ketones (excluding diaryl/α,β-unsaturated/α-hetero) is 1. The van der Waals surface area contributed by atoms with E-state index in [2.05, 4.69) is 23.5 Å². The molecule has 23 heavy (non-hydrogen) atoms. The summed E-state index contributed by atoms with van der Waals surface area (Å²) in [6.07, 6.45) is 1.57. The minimum absolute atomic E-state index is 0.0757.